The van der Waals surface area contributed by atoms with Gasteiger partial charge in [0.15, 0.2) is 0 Å². The van der Waals surface area contributed by atoms with Gasteiger partial charge in [-0.3, -0.25) is 4.79 Å². The fraction of sp³-hybridized carbons (Fsp3) is 0.440. The normalized spacial score (nSPS) is 16.3. The van der Waals surface area contributed by atoms with E-state index in [1.807, 2.05) is 30.0 Å². The number of aromatic nitrogens is 2. The zero-order chi connectivity index (χ0) is 20.9. The lowest BCUT2D eigenvalue weighted by atomic mass is 10.2. The molecule has 30 heavy (non-hydrogen) atoms. The molecule has 0 radical (unpaired) electrons. The Labute approximate surface area is 178 Å². The van der Waals surface area contributed by atoms with Gasteiger partial charge >= 0.3 is 0 Å². The van der Waals surface area contributed by atoms with Gasteiger partial charge in [0.2, 0.25) is 5.91 Å². The van der Waals surface area contributed by atoms with Crippen LogP contribution in [-0.4, -0.2) is 33.5 Å². The number of imidazole rings is 1. The predicted octanol–water partition coefficient (Wildman–Crippen LogP) is 5.28. The van der Waals surface area contributed by atoms with E-state index in [1.165, 1.54) is 5.56 Å². The van der Waals surface area contributed by atoms with Crippen LogP contribution in [0.15, 0.2) is 48.5 Å². The van der Waals surface area contributed by atoms with Gasteiger partial charge in [0.1, 0.15) is 11.6 Å². The topological polar surface area (TPSA) is 47.4 Å². The summed E-state index contributed by atoms with van der Waals surface area (Å²) in [6.45, 7) is 6.45. The number of nitrogens with zero attached hydrogens (tertiary/aromatic N) is 3. The molecule has 1 saturated heterocycles. The number of unbranched alkanes of at least 4 members (excludes halogenated alkanes) is 1. The smallest absolute Gasteiger partial charge is 0.222 e. The number of aryl methyl sites for hydroxylation is 2. The monoisotopic (exact) mass is 405 g/mol. The van der Waals surface area contributed by atoms with Crippen molar-refractivity contribution in [2.75, 3.05) is 13.2 Å². The highest BCUT2D eigenvalue weighted by Gasteiger charge is 2.32. The van der Waals surface area contributed by atoms with Gasteiger partial charge in [0.05, 0.1) is 23.7 Å². The van der Waals surface area contributed by atoms with E-state index in [4.69, 9.17) is 9.72 Å². The third kappa shape index (κ3) is 4.35. The second-order valence-corrected chi connectivity index (χ2v) is 8.08. The van der Waals surface area contributed by atoms with E-state index in [0.717, 1.165) is 61.4 Å². The van der Waals surface area contributed by atoms with Crippen LogP contribution >= 0.6 is 0 Å². The number of likely N-dealkylation sites (tertiary alicyclic amines) is 1. The Bertz CT molecular complexity index is 993. The summed E-state index contributed by atoms with van der Waals surface area (Å²) in [6, 6.07) is 16.6. The van der Waals surface area contributed by atoms with E-state index in [9.17, 15) is 4.79 Å². The molecular formula is C25H31N3O2. The van der Waals surface area contributed by atoms with Gasteiger partial charge in [0.25, 0.3) is 0 Å². The first-order valence-corrected chi connectivity index (χ1v) is 11.1. The summed E-state index contributed by atoms with van der Waals surface area (Å²) < 4.78 is 8.21. The quantitative estimate of drug-likeness (QED) is 0.479. The van der Waals surface area contributed by atoms with Crippen LogP contribution in [0.2, 0.25) is 0 Å². The van der Waals surface area contributed by atoms with E-state index in [-0.39, 0.29) is 11.9 Å². The maximum absolute atomic E-state index is 12.5. The molecule has 0 saturated carbocycles. The number of ether oxygens (including phenoxy) is 1. The fourth-order valence-corrected chi connectivity index (χ4v) is 4.32. The highest BCUT2D eigenvalue weighted by Crippen LogP contribution is 2.34. The second-order valence-electron chi connectivity index (χ2n) is 8.08. The maximum Gasteiger partial charge on any atom is 0.222 e. The number of fused-ring (bicyclic) bond motifs is 1. The van der Waals surface area contributed by atoms with E-state index in [1.54, 1.807) is 0 Å². The molecule has 3 aromatic rings. The van der Waals surface area contributed by atoms with Crippen molar-refractivity contribution in [3.8, 4) is 5.75 Å². The average Bonchev–Trinajstić information content (AvgIpc) is 3.39. The molecule has 0 spiro atoms. The van der Waals surface area contributed by atoms with Crippen LogP contribution in [0.4, 0.5) is 0 Å². The molecule has 0 N–H and O–H groups in total. The van der Waals surface area contributed by atoms with Crippen molar-refractivity contribution in [3.63, 3.8) is 0 Å². The van der Waals surface area contributed by atoms with Crippen LogP contribution < -0.4 is 4.74 Å². The van der Waals surface area contributed by atoms with Crippen LogP contribution in [0.25, 0.3) is 11.0 Å². The molecule has 2 aromatic carbocycles. The van der Waals surface area contributed by atoms with Crippen molar-refractivity contribution in [1.29, 1.82) is 0 Å². The Morgan fingerprint density at radius 2 is 1.93 bits per heavy atom. The van der Waals surface area contributed by atoms with Crippen molar-refractivity contribution in [3.05, 3.63) is 59.9 Å². The highest BCUT2D eigenvalue weighted by atomic mass is 16.5. The Balaban J connectivity index is 1.45. The molecule has 5 heteroatoms. The van der Waals surface area contributed by atoms with Gasteiger partial charge in [-0.05, 0) is 56.9 Å². The number of carbonyl (C=O) groups excluding carboxylic acids is 1. The molecule has 0 aliphatic carbocycles. The SMILES string of the molecule is CCC(=O)N1CCCC1c1nc2ccccc2n1CCCCOc1ccc(C)cc1. The minimum atomic E-state index is 0.0914. The summed E-state index contributed by atoms with van der Waals surface area (Å²) in [5.41, 5.74) is 3.41. The summed E-state index contributed by atoms with van der Waals surface area (Å²) in [4.78, 5) is 19.4. The van der Waals surface area contributed by atoms with Crippen molar-refractivity contribution in [2.24, 2.45) is 0 Å². The molecule has 1 aromatic heterocycles. The Hall–Kier alpha value is -2.82. The summed E-state index contributed by atoms with van der Waals surface area (Å²) in [7, 11) is 0. The van der Waals surface area contributed by atoms with Gasteiger partial charge in [-0.2, -0.15) is 0 Å². The molecule has 1 aliphatic heterocycles. The Morgan fingerprint density at radius 3 is 2.73 bits per heavy atom. The van der Waals surface area contributed by atoms with Gasteiger partial charge in [-0.15, -0.1) is 0 Å². The highest BCUT2D eigenvalue weighted by molar-refractivity contribution is 5.78. The maximum atomic E-state index is 12.5. The van der Waals surface area contributed by atoms with E-state index in [2.05, 4.69) is 41.8 Å². The molecule has 0 bridgehead atoms. The third-order valence-corrected chi connectivity index (χ3v) is 5.92. The number of amides is 1. The number of hydrogen-bond acceptors (Lipinski definition) is 3. The van der Waals surface area contributed by atoms with Crippen LogP contribution in [0.5, 0.6) is 5.75 Å². The first-order chi connectivity index (χ1) is 14.7. The number of para-hydroxylation sites is 2. The first-order valence-electron chi connectivity index (χ1n) is 11.1. The van der Waals surface area contributed by atoms with Crippen LogP contribution in [0.1, 0.15) is 56.5 Å². The standard InChI is InChI=1S/C25H31N3O2/c1-3-24(29)27-17-8-11-23(27)25-26-21-9-4-5-10-22(21)28(25)16-6-7-18-30-20-14-12-19(2)13-15-20/h4-5,9-10,12-15,23H,3,6-8,11,16-18H2,1-2H3. The molecule has 1 amide bonds. The lowest BCUT2D eigenvalue weighted by Gasteiger charge is -2.25. The van der Waals surface area contributed by atoms with Gasteiger partial charge < -0.3 is 14.2 Å². The number of rotatable bonds is 8. The van der Waals surface area contributed by atoms with Crippen LogP contribution in [0, 0.1) is 6.92 Å². The molecule has 2 heterocycles. The van der Waals surface area contributed by atoms with Gasteiger partial charge in [0, 0.05) is 19.5 Å². The number of carbonyl (C=O) groups is 1. The van der Waals surface area contributed by atoms with Crippen LogP contribution in [0.3, 0.4) is 0 Å². The number of benzene rings is 2. The summed E-state index contributed by atoms with van der Waals surface area (Å²) in [6.07, 6.45) is 4.57. The molecule has 4 rings (SSSR count). The number of hydrogen-bond donors (Lipinski definition) is 0. The summed E-state index contributed by atoms with van der Waals surface area (Å²) in [5, 5.41) is 0. The summed E-state index contributed by atoms with van der Waals surface area (Å²) in [5.74, 6) is 2.19. The molecule has 1 atom stereocenters. The molecule has 1 fully saturated rings. The molecule has 5 nitrogen and oxygen atoms in total. The first kappa shape index (κ1) is 20.5. The molecule has 1 aliphatic rings. The van der Waals surface area contributed by atoms with E-state index >= 15 is 0 Å². The Kier molecular flexibility index (Phi) is 6.36. The zero-order valence-electron chi connectivity index (χ0n) is 18.0. The second kappa shape index (κ2) is 9.33. The van der Waals surface area contributed by atoms with Crippen molar-refractivity contribution in [2.45, 2.75) is 58.5 Å². The van der Waals surface area contributed by atoms with E-state index in [0.29, 0.717) is 13.0 Å². The van der Waals surface area contributed by atoms with Crippen molar-refractivity contribution in [1.82, 2.24) is 14.5 Å². The van der Waals surface area contributed by atoms with Gasteiger partial charge in [-0.25, -0.2) is 4.98 Å². The minimum Gasteiger partial charge on any atom is -0.494 e. The van der Waals surface area contributed by atoms with Crippen molar-refractivity contribution >= 4 is 16.9 Å². The van der Waals surface area contributed by atoms with Crippen LogP contribution in [-0.2, 0) is 11.3 Å². The van der Waals surface area contributed by atoms with Gasteiger partial charge in [-0.1, -0.05) is 36.8 Å². The molecule has 1 unspecified atom stereocenters. The van der Waals surface area contributed by atoms with E-state index < -0.39 is 0 Å². The minimum absolute atomic E-state index is 0.0914. The Morgan fingerprint density at radius 1 is 1.13 bits per heavy atom. The third-order valence-electron chi connectivity index (χ3n) is 5.92. The largest absolute Gasteiger partial charge is 0.494 e. The molecule has 158 valence electrons. The zero-order valence-corrected chi connectivity index (χ0v) is 18.0. The summed E-state index contributed by atoms with van der Waals surface area (Å²) >= 11 is 0. The van der Waals surface area contributed by atoms with Crippen molar-refractivity contribution < 1.29 is 9.53 Å². The predicted molar refractivity (Wildman–Crippen MR) is 120 cm³/mol. The average molecular weight is 406 g/mol. The lowest BCUT2D eigenvalue weighted by molar-refractivity contribution is -0.131. The molecular weight excluding hydrogens is 374 g/mol. The lowest BCUT2D eigenvalue weighted by Crippen LogP contribution is -2.31. The fourth-order valence-electron chi connectivity index (χ4n) is 4.32.